The normalized spacial score (nSPS) is 42.0. The zero-order valence-corrected chi connectivity index (χ0v) is 5.28. The highest BCUT2D eigenvalue weighted by molar-refractivity contribution is 4.92. The Morgan fingerprint density at radius 1 is 0.857 bits per heavy atom. The van der Waals surface area contributed by atoms with Crippen LogP contribution in [0.25, 0.3) is 0 Å². The molecule has 0 unspecified atom stereocenters. The van der Waals surface area contributed by atoms with Crippen molar-refractivity contribution in [1.29, 1.82) is 0 Å². The Bertz CT molecular complexity index is 36.8. The zero-order chi connectivity index (χ0) is 5.28. The molecule has 0 nitrogen and oxygen atoms in total. The first kappa shape index (κ1) is 5.14. The van der Waals surface area contributed by atoms with Crippen molar-refractivity contribution < 1.29 is 0 Å². The molecule has 0 aliphatic heterocycles. The number of hydrogen-bond acceptors (Lipinski definition) is 0. The molecule has 3 saturated carbocycles. The fraction of sp³-hybridized carbons (Fsp3) is 1.00. The molecule has 0 saturated heterocycles. The molecule has 3 aliphatic carbocycles. The zero-order valence-electron chi connectivity index (χ0n) is 5.28. The van der Waals surface area contributed by atoms with E-state index >= 15 is 0 Å². The minimum absolute atomic E-state index is 1.21. The van der Waals surface area contributed by atoms with Gasteiger partial charge in [0, 0.05) is 0 Å². The van der Waals surface area contributed by atoms with Crippen LogP contribution in [0.2, 0.25) is 0 Å². The minimum Gasteiger partial charge on any atom is -0.0683 e. The van der Waals surface area contributed by atoms with Gasteiger partial charge < -0.3 is 0 Å². The van der Waals surface area contributed by atoms with Crippen LogP contribution in [0.3, 0.4) is 0 Å². The van der Waals surface area contributed by atoms with Gasteiger partial charge in [-0.2, -0.15) is 0 Å². The minimum atomic E-state index is 1.21. The first-order valence-electron chi connectivity index (χ1n) is 3.45. The van der Waals surface area contributed by atoms with Gasteiger partial charge in [0.25, 0.3) is 0 Å². The van der Waals surface area contributed by atoms with Crippen molar-refractivity contribution in [1.82, 2.24) is 0 Å². The highest BCUT2D eigenvalue weighted by Gasteiger charge is 2.41. The van der Waals surface area contributed by atoms with Crippen molar-refractivity contribution in [3.8, 4) is 0 Å². The molecule has 42 valence electrons. The molecular weight excluding hydrogens is 84.1 g/mol. The first-order chi connectivity index (χ1) is 3.45. The van der Waals surface area contributed by atoms with E-state index in [1.54, 1.807) is 19.3 Å². The van der Waals surface area contributed by atoms with Gasteiger partial charge in [0.05, 0.1) is 0 Å². The number of hydrogen-bond donors (Lipinski definition) is 0. The van der Waals surface area contributed by atoms with Crippen molar-refractivity contribution >= 4 is 0 Å². The molecular formula is C7H14. The highest BCUT2D eigenvalue weighted by atomic mass is 14.5. The summed E-state index contributed by atoms with van der Waals surface area (Å²) in [6, 6.07) is 0. The second kappa shape index (κ2) is 1.85. The van der Waals surface area contributed by atoms with Crippen LogP contribution in [0.5, 0.6) is 0 Å². The molecule has 7 heavy (non-hydrogen) atoms. The van der Waals surface area contributed by atoms with Crippen LogP contribution >= 0.6 is 0 Å². The molecule has 0 atom stereocenters. The summed E-state index contributed by atoms with van der Waals surface area (Å²) in [5.74, 6) is 2.42. The van der Waals surface area contributed by atoms with E-state index in [0.717, 1.165) is 0 Å². The second-order valence-electron chi connectivity index (χ2n) is 2.44. The summed E-state index contributed by atoms with van der Waals surface area (Å²) in [6.45, 7) is 4.00. The van der Waals surface area contributed by atoms with Gasteiger partial charge in [-0.05, 0) is 31.1 Å². The van der Waals surface area contributed by atoms with E-state index in [2.05, 4.69) is 0 Å². The smallest absolute Gasteiger partial charge is 0.0406 e. The van der Waals surface area contributed by atoms with E-state index in [4.69, 9.17) is 0 Å². The van der Waals surface area contributed by atoms with Crippen LogP contribution in [0.1, 0.15) is 33.1 Å². The standard InChI is InChI=1S/C5H8.C2H6/c1-4-2-5(1)3-4;1-2/h4-5H,1-3H2;1-2H3. The average Bonchev–Trinajstić information content (AvgIpc) is 1.30. The van der Waals surface area contributed by atoms with Crippen LogP contribution in [0.4, 0.5) is 0 Å². The summed E-state index contributed by atoms with van der Waals surface area (Å²) in [5, 5.41) is 0. The molecule has 0 heterocycles. The van der Waals surface area contributed by atoms with E-state index in [0.29, 0.717) is 0 Å². The number of rotatable bonds is 0. The van der Waals surface area contributed by atoms with Gasteiger partial charge in [0.1, 0.15) is 0 Å². The van der Waals surface area contributed by atoms with Gasteiger partial charge in [-0.15, -0.1) is 0 Å². The molecule has 0 aromatic rings. The van der Waals surface area contributed by atoms with E-state index in [1.807, 2.05) is 13.8 Å². The molecule has 0 aromatic heterocycles. The molecule has 3 fully saturated rings. The topological polar surface area (TPSA) is 0 Å². The fourth-order valence-corrected chi connectivity index (χ4v) is 1.21. The van der Waals surface area contributed by atoms with Gasteiger partial charge in [0.15, 0.2) is 0 Å². The predicted molar refractivity (Wildman–Crippen MR) is 32.2 cm³/mol. The van der Waals surface area contributed by atoms with Crippen LogP contribution in [0.15, 0.2) is 0 Å². The lowest BCUT2D eigenvalue weighted by Gasteiger charge is -2.49. The third-order valence-corrected chi connectivity index (χ3v) is 2.00. The van der Waals surface area contributed by atoms with Crippen molar-refractivity contribution in [2.45, 2.75) is 33.1 Å². The lowest BCUT2D eigenvalue weighted by molar-refractivity contribution is 0.0198. The third kappa shape index (κ3) is 0.667. The van der Waals surface area contributed by atoms with Crippen molar-refractivity contribution in [3.63, 3.8) is 0 Å². The Balaban J connectivity index is 0.000000112. The molecule has 3 rings (SSSR count). The summed E-state index contributed by atoms with van der Waals surface area (Å²) < 4.78 is 0. The molecule has 0 spiro atoms. The largest absolute Gasteiger partial charge is 0.0683 e. The molecule has 2 bridgehead atoms. The van der Waals surface area contributed by atoms with E-state index in [-0.39, 0.29) is 0 Å². The van der Waals surface area contributed by atoms with Gasteiger partial charge in [-0.25, -0.2) is 0 Å². The maximum absolute atomic E-state index is 2.00. The second-order valence-corrected chi connectivity index (χ2v) is 2.44. The predicted octanol–water partition coefficient (Wildman–Crippen LogP) is 2.44. The Kier molecular flexibility index (Phi) is 1.36. The van der Waals surface area contributed by atoms with Crippen molar-refractivity contribution in [3.05, 3.63) is 0 Å². The molecule has 0 aromatic carbocycles. The Hall–Kier alpha value is 0. The van der Waals surface area contributed by atoms with Crippen LogP contribution in [0, 0.1) is 11.8 Å². The SMILES string of the molecule is C1C2CC1C2.CC. The maximum atomic E-state index is 2.00. The highest BCUT2D eigenvalue weighted by Crippen LogP contribution is 2.52. The summed E-state index contributed by atoms with van der Waals surface area (Å²) in [5.41, 5.74) is 0. The van der Waals surface area contributed by atoms with Crippen LogP contribution < -0.4 is 0 Å². The molecule has 3 aliphatic rings. The van der Waals surface area contributed by atoms with Gasteiger partial charge in [-0.3, -0.25) is 0 Å². The average molecular weight is 98.2 g/mol. The Morgan fingerprint density at radius 2 is 1.00 bits per heavy atom. The van der Waals surface area contributed by atoms with Gasteiger partial charge >= 0.3 is 0 Å². The van der Waals surface area contributed by atoms with E-state index in [9.17, 15) is 0 Å². The first-order valence-corrected chi connectivity index (χ1v) is 3.45. The maximum Gasteiger partial charge on any atom is -0.0406 e. The summed E-state index contributed by atoms with van der Waals surface area (Å²) in [7, 11) is 0. The van der Waals surface area contributed by atoms with E-state index in [1.165, 1.54) is 11.8 Å². The fourth-order valence-electron chi connectivity index (χ4n) is 1.21. The van der Waals surface area contributed by atoms with E-state index < -0.39 is 0 Å². The lowest BCUT2D eigenvalue weighted by atomic mass is 9.56. The van der Waals surface area contributed by atoms with Crippen LogP contribution in [-0.4, -0.2) is 0 Å². The Labute approximate surface area is 45.9 Å². The molecule has 0 heteroatoms. The Morgan fingerprint density at radius 3 is 1.00 bits per heavy atom. The monoisotopic (exact) mass is 98.1 g/mol. The molecule has 0 N–H and O–H groups in total. The summed E-state index contributed by atoms with van der Waals surface area (Å²) in [4.78, 5) is 0. The lowest BCUT2D eigenvalue weighted by Crippen LogP contribution is -2.38. The third-order valence-electron chi connectivity index (χ3n) is 2.00. The summed E-state index contributed by atoms with van der Waals surface area (Å²) in [6.07, 6.45) is 4.75. The van der Waals surface area contributed by atoms with Gasteiger partial charge in [0.2, 0.25) is 0 Å². The van der Waals surface area contributed by atoms with Crippen molar-refractivity contribution in [2.75, 3.05) is 0 Å². The molecule has 0 amide bonds. The van der Waals surface area contributed by atoms with Gasteiger partial charge in [-0.1, -0.05) is 13.8 Å². The summed E-state index contributed by atoms with van der Waals surface area (Å²) >= 11 is 0. The van der Waals surface area contributed by atoms with Crippen molar-refractivity contribution in [2.24, 2.45) is 11.8 Å². The quantitative estimate of drug-likeness (QED) is 0.436. The van der Waals surface area contributed by atoms with Crippen LogP contribution in [-0.2, 0) is 0 Å². The molecule has 0 radical (unpaired) electrons.